The third kappa shape index (κ3) is 2.35. The fraction of sp³-hybridized carbons (Fsp3) is 0.0833. The van der Waals surface area contributed by atoms with E-state index in [1.54, 1.807) is 30.5 Å². The van der Waals surface area contributed by atoms with E-state index in [9.17, 15) is 4.79 Å². The van der Waals surface area contributed by atoms with Crippen molar-refractivity contribution in [3.63, 3.8) is 0 Å². The molecule has 1 heterocycles. The summed E-state index contributed by atoms with van der Waals surface area (Å²) in [5, 5.41) is 9.19. The monoisotopic (exact) mass is 245 g/mol. The highest BCUT2D eigenvalue weighted by atomic mass is 35.5. The zero-order valence-corrected chi connectivity index (χ0v) is 9.55. The summed E-state index contributed by atoms with van der Waals surface area (Å²) in [6.07, 6.45) is 3.08. The Hall–Kier alpha value is -2.12. The Morgan fingerprint density at radius 1 is 1.47 bits per heavy atom. The number of aromatic nitrogens is 2. The van der Waals surface area contributed by atoms with E-state index in [0.29, 0.717) is 10.6 Å². The van der Waals surface area contributed by atoms with Crippen LogP contribution in [0.3, 0.4) is 0 Å². The zero-order chi connectivity index (χ0) is 12.3. The minimum absolute atomic E-state index is 0.0621. The number of carbonyl (C=O) groups excluding carboxylic acids is 1. The molecule has 0 spiro atoms. The molecule has 0 saturated heterocycles. The van der Waals surface area contributed by atoms with Gasteiger partial charge in [0.05, 0.1) is 11.6 Å². The van der Waals surface area contributed by atoms with Gasteiger partial charge in [0.2, 0.25) is 5.82 Å². The van der Waals surface area contributed by atoms with Crippen molar-refractivity contribution in [1.82, 2.24) is 9.55 Å². The molecule has 2 aromatic rings. The van der Waals surface area contributed by atoms with Gasteiger partial charge >= 0.3 is 0 Å². The van der Waals surface area contributed by atoms with Gasteiger partial charge in [-0.15, -0.1) is 0 Å². The molecule has 5 heteroatoms. The molecule has 0 amide bonds. The summed E-state index contributed by atoms with van der Waals surface area (Å²) in [6.45, 7) is 0.0621. The van der Waals surface area contributed by atoms with Crippen LogP contribution in [0.25, 0.3) is 0 Å². The fourth-order valence-corrected chi connectivity index (χ4v) is 1.72. The quantitative estimate of drug-likeness (QED) is 0.780. The van der Waals surface area contributed by atoms with Crippen LogP contribution >= 0.6 is 11.6 Å². The number of nitrogens with zero attached hydrogens (tertiary/aromatic N) is 3. The van der Waals surface area contributed by atoms with Gasteiger partial charge in [-0.25, -0.2) is 4.98 Å². The SMILES string of the molecule is N#Cc1nccn1CC(=O)c1ccccc1Cl. The molecule has 0 N–H and O–H groups in total. The Kier molecular flexibility index (Phi) is 3.22. The number of imidazole rings is 1. The number of halogens is 1. The normalized spacial score (nSPS) is 9.88. The van der Waals surface area contributed by atoms with E-state index in [-0.39, 0.29) is 18.2 Å². The van der Waals surface area contributed by atoms with Crippen LogP contribution in [-0.2, 0) is 6.54 Å². The predicted molar refractivity (Wildman–Crippen MR) is 62.7 cm³/mol. The van der Waals surface area contributed by atoms with Gasteiger partial charge in [-0.2, -0.15) is 5.26 Å². The van der Waals surface area contributed by atoms with Gasteiger partial charge in [0, 0.05) is 18.0 Å². The minimum Gasteiger partial charge on any atom is -0.315 e. The molecular weight excluding hydrogens is 238 g/mol. The summed E-state index contributed by atoms with van der Waals surface area (Å²) in [6, 6.07) is 8.74. The molecule has 0 fully saturated rings. The van der Waals surface area contributed by atoms with Crippen molar-refractivity contribution in [1.29, 1.82) is 5.26 Å². The first-order valence-corrected chi connectivity index (χ1v) is 5.29. The average Bonchev–Trinajstić information content (AvgIpc) is 2.76. The van der Waals surface area contributed by atoms with Gasteiger partial charge in [0.25, 0.3) is 0 Å². The second kappa shape index (κ2) is 4.81. The number of ketones is 1. The minimum atomic E-state index is -0.148. The first-order valence-electron chi connectivity index (χ1n) is 4.91. The molecule has 17 heavy (non-hydrogen) atoms. The lowest BCUT2D eigenvalue weighted by Crippen LogP contribution is -2.11. The Balaban J connectivity index is 2.24. The third-order valence-corrected chi connectivity index (χ3v) is 2.63. The van der Waals surface area contributed by atoms with Crippen molar-refractivity contribution in [3.8, 4) is 6.07 Å². The Morgan fingerprint density at radius 3 is 2.94 bits per heavy atom. The molecule has 0 bridgehead atoms. The topological polar surface area (TPSA) is 58.7 Å². The third-order valence-electron chi connectivity index (χ3n) is 2.30. The van der Waals surface area contributed by atoms with Crippen LogP contribution in [0.2, 0.25) is 5.02 Å². The van der Waals surface area contributed by atoms with Gasteiger partial charge in [-0.1, -0.05) is 23.7 Å². The van der Waals surface area contributed by atoms with Gasteiger partial charge in [-0.05, 0) is 12.1 Å². The van der Waals surface area contributed by atoms with E-state index >= 15 is 0 Å². The van der Waals surface area contributed by atoms with Gasteiger partial charge in [-0.3, -0.25) is 4.79 Å². The van der Waals surface area contributed by atoms with Gasteiger partial charge in [0.1, 0.15) is 6.07 Å². The lowest BCUT2D eigenvalue weighted by atomic mass is 10.1. The molecule has 0 atom stereocenters. The Labute approximate surface area is 103 Å². The van der Waals surface area contributed by atoms with Crippen LogP contribution in [0.15, 0.2) is 36.7 Å². The molecule has 4 nitrogen and oxygen atoms in total. The highest BCUT2D eigenvalue weighted by molar-refractivity contribution is 6.33. The van der Waals surface area contributed by atoms with Gasteiger partial charge < -0.3 is 4.57 Å². The molecule has 84 valence electrons. The van der Waals surface area contributed by atoms with Crippen LogP contribution in [0, 0.1) is 11.3 Å². The highest BCUT2D eigenvalue weighted by Crippen LogP contribution is 2.16. The van der Waals surface area contributed by atoms with E-state index in [1.807, 2.05) is 6.07 Å². The van der Waals surface area contributed by atoms with Crippen molar-refractivity contribution in [2.24, 2.45) is 0 Å². The number of nitriles is 1. The summed E-state index contributed by atoms with van der Waals surface area (Å²) in [7, 11) is 0. The number of Topliss-reactive ketones (excluding diaryl/α,β-unsaturated/α-hetero) is 1. The standard InChI is InChI=1S/C12H8ClN3O/c13-10-4-2-1-3-9(10)11(17)8-16-6-5-15-12(16)7-14/h1-6H,8H2. The number of rotatable bonds is 3. The van der Waals surface area contributed by atoms with Crippen molar-refractivity contribution < 1.29 is 4.79 Å². The molecular formula is C12H8ClN3O. The summed E-state index contributed by atoms with van der Waals surface area (Å²) in [5.74, 6) is 0.0653. The smallest absolute Gasteiger partial charge is 0.213 e. The van der Waals surface area contributed by atoms with Crippen molar-refractivity contribution in [3.05, 3.63) is 53.1 Å². The van der Waals surface area contributed by atoms with E-state index < -0.39 is 0 Å². The van der Waals surface area contributed by atoms with Crippen molar-refractivity contribution >= 4 is 17.4 Å². The van der Waals surface area contributed by atoms with Crippen molar-refractivity contribution in [2.45, 2.75) is 6.54 Å². The lowest BCUT2D eigenvalue weighted by molar-refractivity contribution is 0.0972. The van der Waals surface area contributed by atoms with E-state index in [1.165, 1.54) is 10.8 Å². The lowest BCUT2D eigenvalue weighted by Gasteiger charge is -2.04. The number of hydrogen-bond donors (Lipinski definition) is 0. The first kappa shape index (κ1) is 11.4. The predicted octanol–water partition coefficient (Wildman–Crippen LogP) is 2.29. The maximum atomic E-state index is 12.0. The molecule has 0 unspecified atom stereocenters. The van der Waals surface area contributed by atoms with Crippen LogP contribution in [0.4, 0.5) is 0 Å². The average molecular weight is 246 g/mol. The van der Waals surface area contributed by atoms with Crippen LogP contribution in [0.5, 0.6) is 0 Å². The Bertz CT molecular complexity index is 598. The number of benzene rings is 1. The Morgan fingerprint density at radius 2 is 2.24 bits per heavy atom. The molecule has 1 aromatic heterocycles. The molecule has 0 aliphatic heterocycles. The zero-order valence-electron chi connectivity index (χ0n) is 8.80. The first-order chi connectivity index (χ1) is 8.22. The van der Waals surface area contributed by atoms with Crippen molar-refractivity contribution in [2.75, 3.05) is 0 Å². The second-order valence-corrected chi connectivity index (χ2v) is 3.80. The molecule has 0 radical (unpaired) electrons. The summed E-state index contributed by atoms with van der Waals surface area (Å²) in [4.78, 5) is 15.8. The van der Waals surface area contributed by atoms with Crippen LogP contribution < -0.4 is 0 Å². The van der Waals surface area contributed by atoms with Crippen LogP contribution in [-0.4, -0.2) is 15.3 Å². The van der Waals surface area contributed by atoms with Gasteiger partial charge in [0.15, 0.2) is 5.78 Å². The molecule has 0 saturated carbocycles. The summed E-state index contributed by atoms with van der Waals surface area (Å²) < 4.78 is 1.49. The molecule has 2 rings (SSSR count). The summed E-state index contributed by atoms with van der Waals surface area (Å²) >= 11 is 5.92. The fourth-order valence-electron chi connectivity index (χ4n) is 1.48. The van der Waals surface area contributed by atoms with E-state index in [0.717, 1.165) is 0 Å². The summed E-state index contributed by atoms with van der Waals surface area (Å²) in [5.41, 5.74) is 0.451. The van der Waals surface area contributed by atoms with E-state index in [2.05, 4.69) is 4.98 Å². The number of hydrogen-bond acceptors (Lipinski definition) is 3. The molecule has 0 aliphatic carbocycles. The maximum Gasteiger partial charge on any atom is 0.213 e. The maximum absolute atomic E-state index is 12.0. The van der Waals surface area contributed by atoms with Crippen LogP contribution in [0.1, 0.15) is 16.2 Å². The largest absolute Gasteiger partial charge is 0.315 e. The number of carbonyl (C=O) groups is 1. The highest BCUT2D eigenvalue weighted by Gasteiger charge is 2.12. The molecule has 0 aliphatic rings. The van der Waals surface area contributed by atoms with E-state index in [4.69, 9.17) is 16.9 Å². The molecule has 1 aromatic carbocycles. The second-order valence-electron chi connectivity index (χ2n) is 3.39.